The number of halogens is 3. The smallest absolute Gasteiger partial charge is 0.411 e. The first kappa shape index (κ1) is 23.0. The van der Waals surface area contributed by atoms with Crippen LogP contribution in [0, 0.1) is 11.8 Å². The Morgan fingerprint density at radius 1 is 1.09 bits per heavy atom. The Kier molecular flexibility index (Phi) is 5.90. The van der Waals surface area contributed by atoms with Gasteiger partial charge in [-0.1, -0.05) is 6.42 Å². The minimum Gasteiger partial charge on any atom is -0.494 e. The highest BCUT2D eigenvalue weighted by Crippen LogP contribution is 2.49. The van der Waals surface area contributed by atoms with E-state index in [4.69, 9.17) is 4.74 Å². The molecule has 3 unspecified atom stereocenters. The molecule has 2 N–H and O–H groups in total. The lowest BCUT2D eigenvalue weighted by molar-refractivity contribution is -0.170. The van der Waals surface area contributed by atoms with E-state index in [2.05, 4.69) is 15.5 Å². The fraction of sp³-hybridized carbons (Fsp3) is 0.833. The van der Waals surface area contributed by atoms with Crippen LogP contribution in [0.15, 0.2) is 11.3 Å². The molecule has 5 aliphatic rings. The fourth-order valence-corrected chi connectivity index (χ4v) is 6.67. The van der Waals surface area contributed by atoms with Gasteiger partial charge in [0.25, 0.3) is 5.91 Å². The predicted octanol–water partition coefficient (Wildman–Crippen LogP) is 3.42. The lowest BCUT2D eigenvalue weighted by Crippen LogP contribution is -2.54. The van der Waals surface area contributed by atoms with Crippen molar-refractivity contribution in [2.75, 3.05) is 13.1 Å². The molecule has 2 bridgehead atoms. The van der Waals surface area contributed by atoms with Crippen molar-refractivity contribution in [1.82, 2.24) is 15.5 Å². The van der Waals surface area contributed by atoms with E-state index in [0.717, 1.165) is 62.7 Å². The van der Waals surface area contributed by atoms with Crippen LogP contribution in [-0.2, 0) is 14.3 Å². The molecule has 0 aromatic rings. The van der Waals surface area contributed by atoms with E-state index in [1.165, 1.54) is 0 Å². The lowest BCUT2D eigenvalue weighted by atomic mass is 9.82. The number of allylic oxidation sites excluding steroid dienone is 1. The van der Waals surface area contributed by atoms with Crippen molar-refractivity contribution in [3.63, 3.8) is 0 Å². The van der Waals surface area contributed by atoms with E-state index in [0.29, 0.717) is 12.5 Å². The van der Waals surface area contributed by atoms with Crippen molar-refractivity contribution < 1.29 is 27.5 Å². The van der Waals surface area contributed by atoms with Crippen LogP contribution in [-0.4, -0.2) is 59.7 Å². The second-order valence-electron chi connectivity index (χ2n) is 10.7. The maximum Gasteiger partial charge on any atom is 0.411 e. The Balaban J connectivity index is 1.12. The van der Waals surface area contributed by atoms with Gasteiger partial charge in [0, 0.05) is 24.5 Å². The SMILES string of the molecule is CC1=C(C(=O)NCC2C[C@H]3CC[C@@H](C2)N3CC(=O)NC2(C(F)(F)F)CC2)C2CCCCC2O1. The van der Waals surface area contributed by atoms with Gasteiger partial charge in [-0.25, -0.2) is 0 Å². The molecule has 2 saturated heterocycles. The van der Waals surface area contributed by atoms with E-state index >= 15 is 0 Å². The summed E-state index contributed by atoms with van der Waals surface area (Å²) in [5.41, 5.74) is -1.18. The summed E-state index contributed by atoms with van der Waals surface area (Å²) in [5, 5.41) is 5.39. The molecule has 5 rings (SSSR count). The third-order valence-electron chi connectivity index (χ3n) is 8.56. The average Bonchev–Trinajstić information content (AvgIpc) is 3.41. The highest BCUT2D eigenvalue weighted by atomic mass is 19.4. The Bertz CT molecular complexity index is 825. The molecule has 0 aromatic carbocycles. The third kappa shape index (κ3) is 4.37. The van der Waals surface area contributed by atoms with Gasteiger partial charge >= 0.3 is 6.18 Å². The van der Waals surface area contributed by atoms with Crippen molar-refractivity contribution in [1.29, 1.82) is 0 Å². The molecule has 3 heterocycles. The summed E-state index contributed by atoms with van der Waals surface area (Å²) in [6, 6.07) is 0.381. The normalized spacial score (nSPS) is 35.1. The van der Waals surface area contributed by atoms with Gasteiger partial charge in [0.05, 0.1) is 12.1 Å². The maximum absolute atomic E-state index is 13.2. The quantitative estimate of drug-likeness (QED) is 0.626. The van der Waals surface area contributed by atoms with Crippen LogP contribution < -0.4 is 10.6 Å². The molecule has 0 aromatic heterocycles. The minimum absolute atomic E-state index is 0.0158. The van der Waals surface area contributed by atoms with Crippen LogP contribution in [0.4, 0.5) is 13.2 Å². The minimum atomic E-state index is -4.39. The van der Waals surface area contributed by atoms with Crippen LogP contribution in [0.1, 0.15) is 71.1 Å². The van der Waals surface area contributed by atoms with Crippen molar-refractivity contribution in [3.8, 4) is 0 Å². The standard InChI is InChI=1S/C24H34F3N3O3/c1-14-21(18-4-2-3-5-19(18)33-14)22(32)28-12-15-10-16-6-7-17(11-15)30(16)13-20(31)29-23(8-9-23)24(25,26)27/h15-19H,2-13H2,1H3,(H,28,32)(H,29,31)/t15?,16-,17+,18?,19?. The van der Waals surface area contributed by atoms with Crippen molar-refractivity contribution >= 4 is 11.8 Å². The van der Waals surface area contributed by atoms with Crippen LogP contribution in [0.3, 0.4) is 0 Å². The Morgan fingerprint density at radius 3 is 2.39 bits per heavy atom. The first-order chi connectivity index (χ1) is 15.7. The number of amides is 2. The second kappa shape index (κ2) is 8.47. The highest BCUT2D eigenvalue weighted by Gasteiger charge is 2.64. The van der Waals surface area contributed by atoms with Gasteiger partial charge in [0.2, 0.25) is 5.91 Å². The number of carbonyl (C=O) groups excluding carboxylic acids is 2. The molecule has 4 fully saturated rings. The van der Waals surface area contributed by atoms with Gasteiger partial charge < -0.3 is 15.4 Å². The van der Waals surface area contributed by atoms with E-state index in [1.54, 1.807) is 0 Å². The van der Waals surface area contributed by atoms with E-state index in [1.807, 2.05) is 6.92 Å². The monoisotopic (exact) mass is 469 g/mol. The van der Waals surface area contributed by atoms with Crippen molar-refractivity contribution in [2.45, 2.75) is 101 Å². The zero-order valence-electron chi connectivity index (χ0n) is 19.2. The molecule has 2 saturated carbocycles. The van der Waals surface area contributed by atoms with Gasteiger partial charge in [0.15, 0.2) is 0 Å². The van der Waals surface area contributed by atoms with E-state index < -0.39 is 17.6 Å². The maximum atomic E-state index is 13.2. The number of ether oxygens (including phenoxy) is 1. The molecule has 5 atom stereocenters. The molecule has 9 heteroatoms. The first-order valence-corrected chi connectivity index (χ1v) is 12.5. The van der Waals surface area contributed by atoms with Crippen LogP contribution in [0.5, 0.6) is 0 Å². The molecule has 33 heavy (non-hydrogen) atoms. The summed E-state index contributed by atoms with van der Waals surface area (Å²) in [6.07, 6.45) is 3.63. The number of hydrogen-bond donors (Lipinski definition) is 2. The summed E-state index contributed by atoms with van der Waals surface area (Å²) >= 11 is 0. The third-order valence-corrected chi connectivity index (χ3v) is 8.56. The van der Waals surface area contributed by atoms with Gasteiger partial charge in [-0.3, -0.25) is 14.5 Å². The Morgan fingerprint density at radius 2 is 1.76 bits per heavy atom. The number of nitrogens with zero attached hydrogens (tertiary/aromatic N) is 1. The Hall–Kier alpha value is -1.77. The van der Waals surface area contributed by atoms with Gasteiger partial charge in [-0.05, 0) is 70.6 Å². The molecule has 6 nitrogen and oxygen atoms in total. The van der Waals surface area contributed by atoms with Crippen LogP contribution in [0.2, 0.25) is 0 Å². The van der Waals surface area contributed by atoms with Gasteiger partial charge in [-0.2, -0.15) is 13.2 Å². The molecule has 2 amide bonds. The number of rotatable bonds is 6. The summed E-state index contributed by atoms with van der Waals surface area (Å²) in [5.74, 6) is 0.748. The zero-order chi connectivity index (χ0) is 23.4. The lowest BCUT2D eigenvalue weighted by Gasteiger charge is -2.39. The first-order valence-electron chi connectivity index (χ1n) is 12.5. The van der Waals surface area contributed by atoms with Gasteiger partial charge in [0.1, 0.15) is 17.4 Å². The molecule has 0 spiro atoms. The van der Waals surface area contributed by atoms with Crippen LogP contribution >= 0.6 is 0 Å². The number of alkyl halides is 3. The van der Waals surface area contributed by atoms with Crippen molar-refractivity contribution in [3.05, 3.63) is 11.3 Å². The number of carbonyl (C=O) groups is 2. The molecular formula is C24H34F3N3O3. The Labute approximate surface area is 192 Å². The molecule has 3 aliphatic heterocycles. The van der Waals surface area contributed by atoms with Gasteiger partial charge in [-0.15, -0.1) is 0 Å². The van der Waals surface area contributed by atoms with E-state index in [-0.39, 0.29) is 49.4 Å². The fourth-order valence-electron chi connectivity index (χ4n) is 6.67. The molecular weight excluding hydrogens is 435 g/mol. The highest BCUT2D eigenvalue weighted by molar-refractivity contribution is 5.95. The van der Waals surface area contributed by atoms with Crippen molar-refractivity contribution in [2.24, 2.45) is 11.8 Å². The molecule has 0 radical (unpaired) electrons. The van der Waals surface area contributed by atoms with Crippen LogP contribution in [0.25, 0.3) is 0 Å². The summed E-state index contributed by atoms with van der Waals surface area (Å²) in [4.78, 5) is 27.4. The topological polar surface area (TPSA) is 70.7 Å². The second-order valence-corrected chi connectivity index (χ2v) is 10.7. The zero-order valence-corrected chi connectivity index (χ0v) is 19.2. The average molecular weight is 470 g/mol. The van der Waals surface area contributed by atoms with E-state index in [9.17, 15) is 22.8 Å². The number of nitrogens with one attached hydrogen (secondary N) is 2. The summed E-state index contributed by atoms with van der Waals surface area (Å²) < 4.78 is 45.4. The molecule has 2 aliphatic carbocycles. The largest absolute Gasteiger partial charge is 0.494 e. The summed E-state index contributed by atoms with van der Waals surface area (Å²) in [6.45, 7) is 2.51. The number of fused-ring (bicyclic) bond motifs is 3. The number of piperidine rings is 1. The summed E-state index contributed by atoms with van der Waals surface area (Å²) in [7, 11) is 0. The molecule has 184 valence electrons. The number of hydrogen-bond acceptors (Lipinski definition) is 4. The predicted molar refractivity (Wildman–Crippen MR) is 115 cm³/mol.